The third-order valence-corrected chi connectivity index (χ3v) is 4.13. The predicted molar refractivity (Wildman–Crippen MR) is 68.5 cm³/mol. The lowest BCUT2D eigenvalue weighted by atomic mass is 10.1. The van der Waals surface area contributed by atoms with Crippen LogP contribution in [-0.2, 0) is 9.05 Å². The van der Waals surface area contributed by atoms with E-state index in [1.165, 1.54) is 19.2 Å². The Morgan fingerprint density at radius 2 is 1.82 bits per heavy atom. The van der Waals surface area contributed by atoms with Crippen LogP contribution >= 0.6 is 22.3 Å². The van der Waals surface area contributed by atoms with Gasteiger partial charge in [-0.15, -0.1) is 0 Å². The minimum Gasteiger partial charge on any atom is -0.495 e. The minimum absolute atomic E-state index is 0.0156. The van der Waals surface area contributed by atoms with Crippen LogP contribution in [0.1, 0.15) is 0 Å². The van der Waals surface area contributed by atoms with Crippen LogP contribution in [0.25, 0.3) is 10.8 Å². The molecule has 0 heterocycles. The lowest BCUT2D eigenvalue weighted by Gasteiger charge is -2.07. The summed E-state index contributed by atoms with van der Waals surface area (Å²) in [4.78, 5) is 0.0156. The van der Waals surface area contributed by atoms with Crippen LogP contribution in [0.15, 0.2) is 35.2 Å². The molecule has 0 unspecified atom stereocenters. The number of fused-ring (bicyclic) bond motifs is 1. The van der Waals surface area contributed by atoms with Gasteiger partial charge in [0.25, 0.3) is 9.05 Å². The molecule has 0 aliphatic rings. The number of benzene rings is 2. The molecule has 2 aromatic carbocycles. The normalized spacial score (nSPS) is 11.7. The van der Waals surface area contributed by atoms with Crippen molar-refractivity contribution in [3.05, 3.63) is 35.4 Å². The lowest BCUT2D eigenvalue weighted by Crippen LogP contribution is -1.91. The number of hydrogen-bond acceptors (Lipinski definition) is 3. The zero-order chi connectivity index (χ0) is 12.6. The molecule has 0 saturated carbocycles. The third kappa shape index (κ3) is 2.34. The van der Waals surface area contributed by atoms with Crippen molar-refractivity contribution in [1.29, 1.82) is 0 Å². The van der Waals surface area contributed by atoms with Gasteiger partial charge in [-0.2, -0.15) is 0 Å². The molecular formula is C11H8Cl2O3S. The molecule has 0 fully saturated rings. The third-order valence-electron chi connectivity index (χ3n) is 2.39. The molecule has 2 rings (SSSR count). The van der Waals surface area contributed by atoms with Gasteiger partial charge >= 0.3 is 0 Å². The summed E-state index contributed by atoms with van der Waals surface area (Å²) in [6.45, 7) is 0. The van der Waals surface area contributed by atoms with Gasteiger partial charge in [-0.1, -0.05) is 23.7 Å². The summed E-state index contributed by atoms with van der Waals surface area (Å²) in [5, 5.41) is 1.78. The molecule has 90 valence electrons. The molecule has 0 amide bonds. The van der Waals surface area contributed by atoms with Crippen molar-refractivity contribution in [2.75, 3.05) is 7.11 Å². The molecule has 0 bridgehead atoms. The fourth-order valence-electron chi connectivity index (χ4n) is 1.55. The average molecular weight is 291 g/mol. The highest BCUT2D eigenvalue weighted by molar-refractivity contribution is 8.13. The maximum atomic E-state index is 11.2. The van der Waals surface area contributed by atoms with E-state index < -0.39 is 9.05 Å². The van der Waals surface area contributed by atoms with Crippen LogP contribution in [0, 0.1) is 0 Å². The Balaban J connectivity index is 2.79. The van der Waals surface area contributed by atoms with Crippen LogP contribution in [-0.4, -0.2) is 15.5 Å². The van der Waals surface area contributed by atoms with E-state index in [0.29, 0.717) is 16.2 Å². The number of ether oxygens (including phenoxy) is 1. The zero-order valence-electron chi connectivity index (χ0n) is 8.78. The van der Waals surface area contributed by atoms with Gasteiger partial charge in [0.05, 0.1) is 17.0 Å². The Morgan fingerprint density at radius 3 is 2.41 bits per heavy atom. The maximum absolute atomic E-state index is 11.2. The maximum Gasteiger partial charge on any atom is 0.261 e. The van der Waals surface area contributed by atoms with Crippen molar-refractivity contribution in [1.82, 2.24) is 0 Å². The van der Waals surface area contributed by atoms with Crippen molar-refractivity contribution in [2.24, 2.45) is 0 Å². The molecule has 0 saturated heterocycles. The SMILES string of the molecule is COc1ccc2ccc(S(=O)(=O)Cl)cc2c1Cl. The number of rotatable bonds is 2. The molecule has 0 spiro atoms. The Hall–Kier alpha value is -0.970. The molecule has 17 heavy (non-hydrogen) atoms. The molecule has 0 radical (unpaired) electrons. The van der Waals surface area contributed by atoms with E-state index in [9.17, 15) is 8.42 Å². The molecule has 0 aromatic heterocycles. The summed E-state index contributed by atoms with van der Waals surface area (Å²) in [6.07, 6.45) is 0. The summed E-state index contributed by atoms with van der Waals surface area (Å²) < 4.78 is 27.5. The standard InChI is InChI=1S/C11H8Cl2O3S/c1-16-10-5-3-7-2-4-8(17(13,14)15)6-9(7)11(10)12/h2-6H,1H3. The molecule has 0 atom stereocenters. The van der Waals surface area contributed by atoms with Crippen LogP contribution in [0.3, 0.4) is 0 Å². The van der Waals surface area contributed by atoms with E-state index in [-0.39, 0.29) is 4.90 Å². The Labute approximate surface area is 108 Å². The largest absolute Gasteiger partial charge is 0.495 e. The van der Waals surface area contributed by atoms with Gasteiger partial charge < -0.3 is 4.74 Å². The smallest absolute Gasteiger partial charge is 0.261 e. The molecule has 0 N–H and O–H groups in total. The molecular weight excluding hydrogens is 283 g/mol. The van der Waals surface area contributed by atoms with Crippen LogP contribution < -0.4 is 4.74 Å². The van der Waals surface area contributed by atoms with E-state index in [0.717, 1.165) is 5.39 Å². The van der Waals surface area contributed by atoms with E-state index in [1.807, 2.05) is 0 Å². The zero-order valence-corrected chi connectivity index (χ0v) is 11.1. The summed E-state index contributed by atoms with van der Waals surface area (Å²) in [6, 6.07) is 8.04. The van der Waals surface area contributed by atoms with Gasteiger partial charge in [-0.05, 0) is 23.6 Å². The fourth-order valence-corrected chi connectivity index (χ4v) is 2.63. The van der Waals surface area contributed by atoms with Crippen LogP contribution in [0.5, 0.6) is 5.75 Å². The van der Waals surface area contributed by atoms with Crippen LogP contribution in [0.4, 0.5) is 0 Å². The Kier molecular flexibility index (Phi) is 3.21. The van der Waals surface area contributed by atoms with Gasteiger partial charge in [0, 0.05) is 16.1 Å². The number of hydrogen-bond donors (Lipinski definition) is 0. The Bertz CT molecular complexity index is 680. The Morgan fingerprint density at radius 1 is 1.18 bits per heavy atom. The first-order valence-electron chi connectivity index (χ1n) is 4.64. The quantitative estimate of drug-likeness (QED) is 0.796. The van der Waals surface area contributed by atoms with Gasteiger partial charge in [0.15, 0.2) is 0 Å². The fraction of sp³-hybridized carbons (Fsp3) is 0.0909. The number of methoxy groups -OCH3 is 1. The van der Waals surface area contributed by atoms with E-state index in [4.69, 9.17) is 27.0 Å². The molecule has 3 nitrogen and oxygen atoms in total. The molecule has 0 aliphatic carbocycles. The summed E-state index contributed by atoms with van der Waals surface area (Å²) >= 11 is 6.10. The monoisotopic (exact) mass is 290 g/mol. The van der Waals surface area contributed by atoms with Crippen molar-refractivity contribution in [3.8, 4) is 5.75 Å². The van der Waals surface area contributed by atoms with Crippen molar-refractivity contribution >= 4 is 42.1 Å². The molecule has 2 aromatic rings. The van der Waals surface area contributed by atoms with Crippen molar-refractivity contribution in [2.45, 2.75) is 4.90 Å². The summed E-state index contributed by atoms with van der Waals surface area (Å²) in [5.74, 6) is 0.489. The molecule has 6 heteroatoms. The van der Waals surface area contributed by atoms with Crippen molar-refractivity contribution in [3.63, 3.8) is 0 Å². The highest BCUT2D eigenvalue weighted by atomic mass is 35.7. The second-order valence-corrected chi connectivity index (χ2v) is 6.35. The topological polar surface area (TPSA) is 43.4 Å². The summed E-state index contributed by atoms with van der Waals surface area (Å²) in [5.41, 5.74) is 0. The van der Waals surface area contributed by atoms with Gasteiger partial charge in [-0.25, -0.2) is 8.42 Å². The van der Waals surface area contributed by atoms with E-state index in [1.54, 1.807) is 18.2 Å². The van der Waals surface area contributed by atoms with Gasteiger partial charge in [-0.3, -0.25) is 0 Å². The van der Waals surface area contributed by atoms with Gasteiger partial charge in [0.2, 0.25) is 0 Å². The highest BCUT2D eigenvalue weighted by Gasteiger charge is 2.13. The highest BCUT2D eigenvalue weighted by Crippen LogP contribution is 2.34. The number of halogens is 2. The van der Waals surface area contributed by atoms with E-state index in [2.05, 4.69) is 0 Å². The first kappa shape index (κ1) is 12.5. The molecule has 0 aliphatic heterocycles. The lowest BCUT2D eigenvalue weighted by molar-refractivity contribution is 0.415. The average Bonchev–Trinajstić information content (AvgIpc) is 2.28. The second-order valence-electron chi connectivity index (χ2n) is 3.40. The van der Waals surface area contributed by atoms with Crippen molar-refractivity contribution < 1.29 is 13.2 Å². The van der Waals surface area contributed by atoms with E-state index >= 15 is 0 Å². The first-order chi connectivity index (χ1) is 7.93. The second kappa shape index (κ2) is 4.37. The summed E-state index contributed by atoms with van der Waals surface area (Å²) in [7, 11) is 3.02. The predicted octanol–water partition coefficient (Wildman–Crippen LogP) is 3.43. The van der Waals surface area contributed by atoms with Gasteiger partial charge in [0.1, 0.15) is 5.75 Å². The minimum atomic E-state index is -3.76. The first-order valence-corrected chi connectivity index (χ1v) is 7.33. The van der Waals surface area contributed by atoms with Crippen LogP contribution in [0.2, 0.25) is 5.02 Å².